The van der Waals surface area contributed by atoms with Crippen molar-refractivity contribution in [2.45, 2.75) is 31.2 Å². The Morgan fingerprint density at radius 1 is 1.25 bits per heavy atom. The van der Waals surface area contributed by atoms with E-state index in [1.807, 2.05) is 6.08 Å². The smallest absolute Gasteiger partial charge is 0.418 e. The third-order valence-corrected chi connectivity index (χ3v) is 3.82. The van der Waals surface area contributed by atoms with Crippen LogP contribution in [0.2, 0.25) is 0 Å². The maximum absolute atomic E-state index is 12.8. The van der Waals surface area contributed by atoms with Gasteiger partial charge in [-0.15, -0.1) is 0 Å². The van der Waals surface area contributed by atoms with Crippen LogP contribution in [0.25, 0.3) is 0 Å². The summed E-state index contributed by atoms with van der Waals surface area (Å²) in [5.41, 5.74) is 0. The molecule has 0 saturated heterocycles. The average molecular weight is 300 g/mol. The van der Waals surface area contributed by atoms with Gasteiger partial charge in [0.2, 0.25) is 0 Å². The summed E-state index contributed by atoms with van der Waals surface area (Å²) >= 11 is 0. The molecule has 0 aliphatic heterocycles. The van der Waals surface area contributed by atoms with Crippen LogP contribution in [0.3, 0.4) is 0 Å². The lowest BCUT2D eigenvalue weighted by molar-refractivity contribution is -0.395. The molecule has 0 aromatic carbocycles. The third-order valence-electron chi connectivity index (χ3n) is 3.82. The number of alkyl halides is 5. The van der Waals surface area contributed by atoms with E-state index in [9.17, 15) is 26.7 Å². The van der Waals surface area contributed by atoms with Crippen molar-refractivity contribution in [1.29, 1.82) is 0 Å². The van der Waals surface area contributed by atoms with Crippen molar-refractivity contribution in [3.8, 4) is 0 Å². The van der Waals surface area contributed by atoms with Gasteiger partial charge in [-0.1, -0.05) is 12.2 Å². The van der Waals surface area contributed by atoms with Gasteiger partial charge in [0.05, 0.1) is 5.92 Å². The standard InChI is InChI=1S/C12H13F5O3/c1-19-11(10(13)14,12(15,16)17)20-9(18)8-5-6-2-3-7(8)4-6/h2-3,6-8,10H,4-5H2,1H3. The predicted molar refractivity (Wildman–Crippen MR) is 56.7 cm³/mol. The van der Waals surface area contributed by atoms with Crippen LogP contribution in [0.1, 0.15) is 12.8 Å². The van der Waals surface area contributed by atoms with E-state index in [-0.39, 0.29) is 11.8 Å². The Labute approximate surface area is 111 Å². The molecule has 1 saturated carbocycles. The highest BCUT2D eigenvalue weighted by atomic mass is 19.4. The minimum atomic E-state index is -5.51. The van der Waals surface area contributed by atoms with Crippen LogP contribution in [0.5, 0.6) is 0 Å². The highest BCUT2D eigenvalue weighted by Crippen LogP contribution is 2.46. The monoisotopic (exact) mass is 300 g/mol. The van der Waals surface area contributed by atoms with Gasteiger partial charge >= 0.3 is 24.4 Å². The van der Waals surface area contributed by atoms with Gasteiger partial charge in [0, 0.05) is 7.11 Å². The lowest BCUT2D eigenvalue weighted by Crippen LogP contribution is -2.57. The lowest BCUT2D eigenvalue weighted by Gasteiger charge is -2.33. The number of fused-ring (bicyclic) bond motifs is 2. The molecule has 8 heteroatoms. The van der Waals surface area contributed by atoms with Crippen molar-refractivity contribution < 1.29 is 36.2 Å². The molecule has 0 heterocycles. The van der Waals surface area contributed by atoms with E-state index < -0.39 is 30.3 Å². The van der Waals surface area contributed by atoms with E-state index in [1.165, 1.54) is 0 Å². The van der Waals surface area contributed by atoms with Crippen LogP contribution in [0, 0.1) is 17.8 Å². The molecule has 2 bridgehead atoms. The van der Waals surface area contributed by atoms with E-state index in [2.05, 4.69) is 9.47 Å². The van der Waals surface area contributed by atoms with Gasteiger partial charge < -0.3 is 9.47 Å². The fourth-order valence-electron chi connectivity index (χ4n) is 2.75. The van der Waals surface area contributed by atoms with Crippen LogP contribution < -0.4 is 0 Å². The second-order valence-electron chi connectivity index (χ2n) is 4.98. The molecule has 2 rings (SSSR count). The molecule has 0 radical (unpaired) electrons. The van der Waals surface area contributed by atoms with E-state index in [0.29, 0.717) is 20.0 Å². The Bertz CT molecular complexity index is 420. The Hall–Kier alpha value is -1.18. The Balaban J connectivity index is 2.16. The average Bonchev–Trinajstić information content (AvgIpc) is 2.95. The number of rotatable bonds is 4. The molecule has 20 heavy (non-hydrogen) atoms. The van der Waals surface area contributed by atoms with Crippen molar-refractivity contribution in [2.75, 3.05) is 7.11 Å². The van der Waals surface area contributed by atoms with Gasteiger partial charge in [-0.05, 0) is 24.7 Å². The van der Waals surface area contributed by atoms with Crippen molar-refractivity contribution in [3.05, 3.63) is 12.2 Å². The van der Waals surface area contributed by atoms with E-state index in [4.69, 9.17) is 0 Å². The normalized spacial score (nSPS) is 31.6. The molecule has 0 amide bonds. The minimum Gasteiger partial charge on any atom is -0.418 e. The first-order valence-corrected chi connectivity index (χ1v) is 6.02. The van der Waals surface area contributed by atoms with Gasteiger partial charge in [-0.3, -0.25) is 4.79 Å². The zero-order valence-electron chi connectivity index (χ0n) is 10.5. The highest BCUT2D eigenvalue weighted by Gasteiger charge is 2.67. The number of hydrogen-bond donors (Lipinski definition) is 0. The molecular weight excluding hydrogens is 287 g/mol. The van der Waals surface area contributed by atoms with Gasteiger partial charge in [0.15, 0.2) is 0 Å². The van der Waals surface area contributed by atoms with Crippen molar-refractivity contribution in [3.63, 3.8) is 0 Å². The largest absolute Gasteiger partial charge is 0.461 e. The summed E-state index contributed by atoms with van der Waals surface area (Å²) in [7, 11) is 0.438. The number of carbonyl (C=O) groups is 1. The molecule has 0 aromatic rings. The molecule has 2 aliphatic rings. The number of esters is 1. The maximum atomic E-state index is 12.8. The fourth-order valence-corrected chi connectivity index (χ4v) is 2.75. The summed E-state index contributed by atoms with van der Waals surface area (Å²) in [6, 6.07) is 0. The van der Waals surface area contributed by atoms with Crippen LogP contribution >= 0.6 is 0 Å². The number of ether oxygens (including phenoxy) is 2. The quantitative estimate of drug-likeness (QED) is 0.346. The number of allylic oxidation sites excluding steroid dienone is 2. The third kappa shape index (κ3) is 2.30. The topological polar surface area (TPSA) is 35.5 Å². The fraction of sp³-hybridized carbons (Fsp3) is 0.750. The molecule has 1 fully saturated rings. The first-order chi connectivity index (χ1) is 9.21. The summed E-state index contributed by atoms with van der Waals surface area (Å²) in [5, 5.41) is 0. The summed E-state index contributed by atoms with van der Waals surface area (Å²) in [5.74, 6) is -6.45. The molecule has 114 valence electrons. The van der Waals surface area contributed by atoms with Crippen LogP contribution in [-0.4, -0.2) is 31.5 Å². The molecule has 4 atom stereocenters. The second-order valence-corrected chi connectivity index (χ2v) is 4.98. The molecule has 0 N–H and O–H groups in total. The minimum absolute atomic E-state index is 0.104. The second kappa shape index (κ2) is 4.98. The summed E-state index contributed by atoms with van der Waals surface area (Å²) in [4.78, 5) is 11.8. The first-order valence-electron chi connectivity index (χ1n) is 6.02. The SMILES string of the molecule is COC(OC(=O)C1CC2C=CC1C2)(C(F)F)C(F)(F)F. The molecule has 0 aromatic heterocycles. The number of halogens is 5. The predicted octanol–water partition coefficient (Wildman–Crippen LogP) is 2.91. The lowest BCUT2D eigenvalue weighted by atomic mass is 9.94. The van der Waals surface area contributed by atoms with E-state index in [0.717, 1.165) is 0 Å². The van der Waals surface area contributed by atoms with Crippen molar-refractivity contribution >= 4 is 5.97 Å². The van der Waals surface area contributed by atoms with Crippen molar-refractivity contribution in [2.24, 2.45) is 17.8 Å². The number of carbonyl (C=O) groups excluding carboxylic acids is 1. The van der Waals surface area contributed by atoms with Gasteiger partial charge in [0.1, 0.15) is 0 Å². The molecule has 3 nitrogen and oxygen atoms in total. The summed E-state index contributed by atoms with van der Waals surface area (Å²) in [6.07, 6.45) is -5.00. The number of hydrogen-bond acceptors (Lipinski definition) is 3. The Kier molecular flexibility index (Phi) is 3.79. The Morgan fingerprint density at radius 3 is 2.25 bits per heavy atom. The molecular formula is C12H13F5O3. The van der Waals surface area contributed by atoms with Gasteiger partial charge in [-0.25, -0.2) is 8.78 Å². The summed E-state index contributed by atoms with van der Waals surface area (Å²) in [6.45, 7) is 0. The van der Waals surface area contributed by atoms with E-state index in [1.54, 1.807) is 6.08 Å². The zero-order chi connectivity index (χ0) is 15.1. The molecule has 2 aliphatic carbocycles. The zero-order valence-corrected chi connectivity index (χ0v) is 10.5. The van der Waals surface area contributed by atoms with Crippen LogP contribution in [0.4, 0.5) is 22.0 Å². The Morgan fingerprint density at radius 2 is 1.90 bits per heavy atom. The van der Waals surface area contributed by atoms with Gasteiger partial charge in [-0.2, -0.15) is 13.2 Å². The molecule has 0 spiro atoms. The summed E-state index contributed by atoms with van der Waals surface area (Å²) < 4.78 is 71.7. The van der Waals surface area contributed by atoms with Gasteiger partial charge in [0.25, 0.3) is 0 Å². The van der Waals surface area contributed by atoms with Crippen LogP contribution in [-0.2, 0) is 14.3 Å². The first kappa shape index (κ1) is 15.2. The van der Waals surface area contributed by atoms with Crippen molar-refractivity contribution in [1.82, 2.24) is 0 Å². The van der Waals surface area contributed by atoms with E-state index >= 15 is 0 Å². The maximum Gasteiger partial charge on any atom is 0.461 e. The highest BCUT2D eigenvalue weighted by molar-refractivity contribution is 5.74. The number of methoxy groups -OCH3 is 1. The molecule has 4 unspecified atom stereocenters. The van der Waals surface area contributed by atoms with Crippen LogP contribution in [0.15, 0.2) is 12.2 Å².